The third-order valence-electron chi connectivity index (χ3n) is 3.47. The summed E-state index contributed by atoms with van der Waals surface area (Å²) in [4.78, 5) is 13.8. The molecule has 0 N–H and O–H groups in total. The van der Waals surface area contributed by atoms with E-state index in [2.05, 4.69) is 10.2 Å². The molecule has 0 unspecified atom stereocenters. The number of fused-ring (bicyclic) bond motifs is 1. The summed E-state index contributed by atoms with van der Waals surface area (Å²) in [5.41, 5.74) is 2.98. The fourth-order valence-corrected chi connectivity index (χ4v) is 2.42. The van der Waals surface area contributed by atoms with Crippen molar-refractivity contribution in [1.82, 2.24) is 24.5 Å². The highest BCUT2D eigenvalue weighted by molar-refractivity contribution is 5.78. The lowest BCUT2D eigenvalue weighted by Crippen LogP contribution is -2.31. The molecular weight excluding hydrogens is 242 g/mol. The van der Waals surface area contributed by atoms with E-state index in [-0.39, 0.29) is 5.91 Å². The van der Waals surface area contributed by atoms with Crippen molar-refractivity contribution < 1.29 is 4.79 Å². The Balaban J connectivity index is 2.12. The normalized spacial score (nSPS) is 11.2. The van der Waals surface area contributed by atoms with Crippen LogP contribution in [0, 0.1) is 6.92 Å². The van der Waals surface area contributed by atoms with Crippen LogP contribution in [0.1, 0.15) is 26.0 Å². The van der Waals surface area contributed by atoms with E-state index in [0.29, 0.717) is 13.0 Å². The molecule has 2 aromatic rings. The molecule has 2 heterocycles. The highest BCUT2D eigenvalue weighted by atomic mass is 16.2. The number of aromatic nitrogens is 4. The minimum absolute atomic E-state index is 0.176. The summed E-state index contributed by atoms with van der Waals surface area (Å²) in [6.45, 7) is 8.08. The van der Waals surface area contributed by atoms with E-state index in [1.165, 1.54) is 0 Å². The number of carbonyl (C=O) groups excluding carboxylic acids is 1. The van der Waals surface area contributed by atoms with Gasteiger partial charge in [-0.25, -0.2) is 0 Å². The topological polar surface area (TPSA) is 56.0 Å². The van der Waals surface area contributed by atoms with Gasteiger partial charge in [0.25, 0.3) is 0 Å². The van der Waals surface area contributed by atoms with E-state index >= 15 is 0 Å². The number of rotatable bonds is 5. The Morgan fingerprint density at radius 2 is 2.05 bits per heavy atom. The fraction of sp³-hybridized carbons (Fsp3) is 0.615. The molecule has 0 aliphatic rings. The number of nitrogens with zero attached hydrogens (tertiary/aromatic N) is 5. The summed E-state index contributed by atoms with van der Waals surface area (Å²) in [7, 11) is 1.91. The summed E-state index contributed by atoms with van der Waals surface area (Å²) in [5, 5.41) is 8.71. The molecule has 0 fully saturated rings. The van der Waals surface area contributed by atoms with Gasteiger partial charge < -0.3 is 4.90 Å². The maximum absolute atomic E-state index is 12.0. The molecule has 0 saturated heterocycles. The minimum atomic E-state index is 0.176. The highest BCUT2D eigenvalue weighted by Gasteiger charge is 2.14. The third-order valence-corrected chi connectivity index (χ3v) is 3.47. The number of aryl methyl sites for hydroxylation is 3. The second-order valence-electron chi connectivity index (χ2n) is 4.63. The van der Waals surface area contributed by atoms with Gasteiger partial charge in [-0.1, -0.05) is 0 Å². The van der Waals surface area contributed by atoms with Crippen LogP contribution in [0.2, 0.25) is 0 Å². The molecule has 0 atom stereocenters. The van der Waals surface area contributed by atoms with E-state index in [1.54, 1.807) is 6.20 Å². The van der Waals surface area contributed by atoms with Gasteiger partial charge >= 0.3 is 0 Å². The Hall–Kier alpha value is -1.85. The first-order chi connectivity index (χ1) is 9.08. The first-order valence-corrected chi connectivity index (χ1v) is 6.71. The number of hydrogen-bond donors (Lipinski definition) is 0. The largest absolute Gasteiger partial charge is 0.343 e. The van der Waals surface area contributed by atoms with Crippen molar-refractivity contribution in [3.63, 3.8) is 0 Å². The van der Waals surface area contributed by atoms with Crippen LogP contribution >= 0.6 is 0 Å². The average molecular weight is 263 g/mol. The van der Waals surface area contributed by atoms with Crippen LogP contribution in [0.15, 0.2) is 6.20 Å². The highest BCUT2D eigenvalue weighted by Crippen LogP contribution is 2.17. The smallest absolute Gasteiger partial charge is 0.224 e. The van der Waals surface area contributed by atoms with Crippen molar-refractivity contribution >= 4 is 16.9 Å². The Morgan fingerprint density at radius 1 is 1.37 bits per heavy atom. The van der Waals surface area contributed by atoms with Crippen LogP contribution in [0.25, 0.3) is 11.0 Å². The van der Waals surface area contributed by atoms with Crippen LogP contribution in [0.5, 0.6) is 0 Å². The molecule has 2 aromatic heterocycles. The van der Waals surface area contributed by atoms with Crippen LogP contribution in [-0.2, 0) is 18.4 Å². The number of amides is 1. The maximum atomic E-state index is 12.0. The number of hydrogen-bond acceptors (Lipinski definition) is 3. The van der Waals surface area contributed by atoms with Crippen molar-refractivity contribution in [2.24, 2.45) is 7.05 Å². The van der Waals surface area contributed by atoms with E-state index in [0.717, 1.165) is 29.8 Å². The molecule has 0 aliphatic carbocycles. The van der Waals surface area contributed by atoms with E-state index in [1.807, 2.05) is 42.1 Å². The number of carbonyl (C=O) groups is 1. The summed E-state index contributed by atoms with van der Waals surface area (Å²) in [6.07, 6.45) is 2.28. The molecule has 0 bridgehead atoms. The summed E-state index contributed by atoms with van der Waals surface area (Å²) in [5.74, 6) is 0.176. The van der Waals surface area contributed by atoms with Gasteiger partial charge in [0.1, 0.15) is 11.0 Å². The molecule has 0 spiro atoms. The predicted octanol–water partition coefficient (Wildman–Crippen LogP) is 1.34. The van der Waals surface area contributed by atoms with Crippen molar-refractivity contribution in [2.45, 2.75) is 33.7 Å². The lowest BCUT2D eigenvalue weighted by molar-refractivity contribution is -0.131. The maximum Gasteiger partial charge on any atom is 0.224 e. The van der Waals surface area contributed by atoms with Gasteiger partial charge in [0.2, 0.25) is 5.91 Å². The minimum Gasteiger partial charge on any atom is -0.343 e. The van der Waals surface area contributed by atoms with Crippen LogP contribution in [0.3, 0.4) is 0 Å². The zero-order valence-corrected chi connectivity index (χ0v) is 12.1. The van der Waals surface area contributed by atoms with Gasteiger partial charge in [0, 0.05) is 26.6 Å². The van der Waals surface area contributed by atoms with Crippen LogP contribution in [0.4, 0.5) is 0 Å². The molecule has 1 amide bonds. The Kier molecular flexibility index (Phi) is 3.87. The molecular formula is C13H21N5O. The zero-order chi connectivity index (χ0) is 14.0. The summed E-state index contributed by atoms with van der Waals surface area (Å²) >= 11 is 0. The molecule has 0 saturated carbocycles. The molecule has 0 aromatic carbocycles. The summed E-state index contributed by atoms with van der Waals surface area (Å²) in [6, 6.07) is 0. The first-order valence-electron chi connectivity index (χ1n) is 6.71. The standard InChI is InChI=1S/C13H21N5O/c1-5-17(6-2)12(19)7-8-18-13-10(3)15-16(4)11(13)9-14-18/h9H,5-8H2,1-4H3. The van der Waals surface area contributed by atoms with Crippen molar-refractivity contribution in [3.8, 4) is 0 Å². The van der Waals surface area contributed by atoms with Crippen LogP contribution in [-0.4, -0.2) is 43.5 Å². The van der Waals surface area contributed by atoms with Gasteiger partial charge in [-0.05, 0) is 20.8 Å². The van der Waals surface area contributed by atoms with Crippen LogP contribution < -0.4 is 0 Å². The van der Waals surface area contributed by atoms with Gasteiger partial charge in [0.15, 0.2) is 0 Å². The lowest BCUT2D eigenvalue weighted by atomic mass is 10.3. The van der Waals surface area contributed by atoms with E-state index < -0.39 is 0 Å². The molecule has 0 radical (unpaired) electrons. The molecule has 0 aliphatic heterocycles. The van der Waals surface area contributed by atoms with Gasteiger partial charge in [-0.2, -0.15) is 10.2 Å². The quantitative estimate of drug-likeness (QED) is 0.818. The third kappa shape index (κ3) is 2.47. The lowest BCUT2D eigenvalue weighted by Gasteiger charge is -2.18. The van der Waals surface area contributed by atoms with Crippen molar-refractivity contribution in [1.29, 1.82) is 0 Å². The second-order valence-corrected chi connectivity index (χ2v) is 4.63. The van der Waals surface area contributed by atoms with Gasteiger partial charge in [-0.3, -0.25) is 14.2 Å². The van der Waals surface area contributed by atoms with E-state index in [4.69, 9.17) is 0 Å². The second kappa shape index (κ2) is 5.42. The van der Waals surface area contributed by atoms with E-state index in [9.17, 15) is 4.79 Å². The van der Waals surface area contributed by atoms with Gasteiger partial charge in [-0.15, -0.1) is 0 Å². The average Bonchev–Trinajstić information content (AvgIpc) is 2.92. The van der Waals surface area contributed by atoms with Crippen molar-refractivity contribution in [3.05, 3.63) is 11.9 Å². The Morgan fingerprint density at radius 3 is 2.68 bits per heavy atom. The van der Waals surface area contributed by atoms with Gasteiger partial charge in [0.05, 0.1) is 18.4 Å². The predicted molar refractivity (Wildman–Crippen MR) is 73.8 cm³/mol. The Labute approximate surface area is 113 Å². The monoisotopic (exact) mass is 263 g/mol. The SMILES string of the molecule is CCN(CC)C(=O)CCn1ncc2c1c(C)nn2C. The molecule has 104 valence electrons. The zero-order valence-electron chi connectivity index (χ0n) is 12.1. The fourth-order valence-electron chi connectivity index (χ4n) is 2.42. The summed E-state index contributed by atoms with van der Waals surface area (Å²) < 4.78 is 3.69. The van der Waals surface area contributed by atoms with Crippen molar-refractivity contribution in [2.75, 3.05) is 13.1 Å². The Bertz CT molecular complexity index is 579. The molecule has 6 nitrogen and oxygen atoms in total. The molecule has 6 heteroatoms. The first kappa shape index (κ1) is 13.6. The molecule has 19 heavy (non-hydrogen) atoms. The molecule has 2 rings (SSSR count).